The highest BCUT2D eigenvalue weighted by Crippen LogP contribution is 2.26. The van der Waals surface area contributed by atoms with Crippen LogP contribution in [-0.2, 0) is 0 Å². The first kappa shape index (κ1) is 9.66. The largest absolute Gasteiger partial charge is 0.399 e. The lowest BCUT2D eigenvalue weighted by atomic mass is 10.1. The summed E-state index contributed by atoms with van der Waals surface area (Å²) in [6, 6.07) is 5.82. The van der Waals surface area contributed by atoms with Gasteiger partial charge in [-0.15, -0.1) is 0 Å². The molecule has 16 heavy (non-hydrogen) atoms. The second-order valence-electron chi connectivity index (χ2n) is 4.65. The van der Waals surface area contributed by atoms with Crippen molar-refractivity contribution in [2.75, 3.05) is 25.9 Å². The van der Waals surface area contributed by atoms with E-state index in [-0.39, 0.29) is 0 Å². The Bertz CT molecular complexity index is 517. The van der Waals surface area contributed by atoms with Crippen molar-refractivity contribution in [1.82, 2.24) is 14.9 Å². The highest BCUT2D eigenvalue weighted by molar-refractivity contribution is 5.78. The molecule has 0 aliphatic carbocycles. The number of hydrogen-bond acceptors (Lipinski definition) is 3. The molecule has 3 rings (SSSR count). The Morgan fingerprint density at radius 1 is 1.50 bits per heavy atom. The highest BCUT2D eigenvalue weighted by atomic mass is 15.1. The fourth-order valence-corrected chi connectivity index (χ4v) is 2.40. The number of aromatic amines is 1. The fraction of sp³-hybridized carbons (Fsp3) is 0.417. The molecule has 1 unspecified atom stereocenters. The Labute approximate surface area is 94.5 Å². The third kappa shape index (κ3) is 1.55. The smallest absolute Gasteiger partial charge is 0.111 e. The molecule has 1 aromatic carbocycles. The van der Waals surface area contributed by atoms with Crippen LogP contribution in [0.1, 0.15) is 18.2 Å². The Kier molecular flexibility index (Phi) is 2.11. The van der Waals surface area contributed by atoms with Crippen LogP contribution >= 0.6 is 0 Å². The lowest BCUT2D eigenvalue weighted by Crippen LogP contribution is -2.13. The number of nitrogens with zero attached hydrogens (tertiary/aromatic N) is 2. The zero-order valence-corrected chi connectivity index (χ0v) is 9.40. The minimum Gasteiger partial charge on any atom is -0.399 e. The maximum absolute atomic E-state index is 5.75. The quantitative estimate of drug-likeness (QED) is 0.711. The molecule has 1 saturated heterocycles. The van der Waals surface area contributed by atoms with Gasteiger partial charge in [-0.25, -0.2) is 4.98 Å². The molecule has 1 aliphatic rings. The van der Waals surface area contributed by atoms with E-state index in [4.69, 9.17) is 5.73 Å². The summed E-state index contributed by atoms with van der Waals surface area (Å²) in [5.74, 6) is 1.64. The van der Waals surface area contributed by atoms with Crippen LogP contribution in [-0.4, -0.2) is 35.0 Å². The maximum Gasteiger partial charge on any atom is 0.111 e. The predicted molar refractivity (Wildman–Crippen MR) is 65.4 cm³/mol. The van der Waals surface area contributed by atoms with Gasteiger partial charge in [-0.2, -0.15) is 0 Å². The van der Waals surface area contributed by atoms with Gasteiger partial charge in [0.2, 0.25) is 0 Å². The van der Waals surface area contributed by atoms with Crippen LogP contribution in [0, 0.1) is 0 Å². The van der Waals surface area contributed by atoms with E-state index in [2.05, 4.69) is 21.9 Å². The van der Waals surface area contributed by atoms with Gasteiger partial charge in [-0.3, -0.25) is 0 Å². The second-order valence-corrected chi connectivity index (χ2v) is 4.65. The maximum atomic E-state index is 5.75. The van der Waals surface area contributed by atoms with Crippen molar-refractivity contribution in [3.05, 3.63) is 24.0 Å². The van der Waals surface area contributed by atoms with Crippen molar-refractivity contribution in [1.29, 1.82) is 0 Å². The molecule has 2 aromatic rings. The first-order valence-electron chi connectivity index (χ1n) is 5.66. The summed E-state index contributed by atoms with van der Waals surface area (Å²) in [4.78, 5) is 10.4. The summed E-state index contributed by atoms with van der Waals surface area (Å²) in [6.45, 7) is 2.25. The molecule has 0 radical (unpaired) electrons. The predicted octanol–water partition coefficient (Wildman–Crippen LogP) is 1.56. The molecule has 1 aliphatic heterocycles. The molecular formula is C12H16N4. The first-order chi connectivity index (χ1) is 7.72. The van der Waals surface area contributed by atoms with Gasteiger partial charge >= 0.3 is 0 Å². The molecule has 4 nitrogen and oxygen atoms in total. The summed E-state index contributed by atoms with van der Waals surface area (Å²) in [5, 5.41) is 0. The Hall–Kier alpha value is -1.55. The van der Waals surface area contributed by atoms with E-state index in [1.54, 1.807) is 0 Å². The van der Waals surface area contributed by atoms with E-state index in [0.29, 0.717) is 5.92 Å². The van der Waals surface area contributed by atoms with Crippen LogP contribution in [0.2, 0.25) is 0 Å². The number of aromatic nitrogens is 2. The van der Waals surface area contributed by atoms with Crippen molar-refractivity contribution in [3.8, 4) is 0 Å². The highest BCUT2D eigenvalue weighted by Gasteiger charge is 2.23. The van der Waals surface area contributed by atoms with Gasteiger partial charge in [0, 0.05) is 18.2 Å². The van der Waals surface area contributed by atoms with Gasteiger partial charge in [-0.05, 0) is 38.2 Å². The Morgan fingerprint density at radius 3 is 3.12 bits per heavy atom. The number of nitrogens with one attached hydrogen (secondary N) is 1. The van der Waals surface area contributed by atoms with Crippen molar-refractivity contribution >= 4 is 16.7 Å². The van der Waals surface area contributed by atoms with Crippen LogP contribution < -0.4 is 5.73 Å². The second kappa shape index (κ2) is 3.49. The fourth-order valence-electron chi connectivity index (χ4n) is 2.40. The summed E-state index contributed by atoms with van der Waals surface area (Å²) in [5.41, 5.74) is 8.59. The molecule has 1 fully saturated rings. The lowest BCUT2D eigenvalue weighted by Gasteiger charge is -2.06. The number of nitrogens with two attached hydrogens (primary N) is 1. The molecule has 0 spiro atoms. The number of hydrogen-bond donors (Lipinski definition) is 2. The van der Waals surface area contributed by atoms with Crippen molar-refractivity contribution in [2.45, 2.75) is 12.3 Å². The van der Waals surface area contributed by atoms with Gasteiger partial charge in [-0.1, -0.05) is 0 Å². The summed E-state index contributed by atoms with van der Waals surface area (Å²) in [6.07, 6.45) is 1.19. The molecule has 0 saturated carbocycles. The lowest BCUT2D eigenvalue weighted by molar-refractivity contribution is 0.410. The van der Waals surface area contributed by atoms with E-state index in [1.165, 1.54) is 6.42 Å². The molecule has 0 bridgehead atoms. The normalized spacial score (nSPS) is 21.9. The number of fused-ring (bicyclic) bond motifs is 1. The van der Waals surface area contributed by atoms with Crippen LogP contribution in [0.25, 0.3) is 11.0 Å². The number of benzene rings is 1. The number of anilines is 1. The molecule has 2 heterocycles. The van der Waals surface area contributed by atoms with Crippen LogP contribution in [0.15, 0.2) is 18.2 Å². The number of nitrogen functional groups attached to an aromatic ring is 1. The number of likely N-dealkylation sites (N-methyl/N-ethyl adjacent to an activating group) is 1. The monoisotopic (exact) mass is 216 g/mol. The Morgan fingerprint density at radius 2 is 2.38 bits per heavy atom. The minimum absolute atomic E-state index is 0.540. The summed E-state index contributed by atoms with van der Waals surface area (Å²) < 4.78 is 0. The SMILES string of the molecule is CN1CCC(c2nc3ccc(N)cc3[nH]2)C1. The van der Waals surface area contributed by atoms with E-state index in [1.807, 2.05) is 18.2 Å². The van der Waals surface area contributed by atoms with Crippen LogP contribution in [0.5, 0.6) is 0 Å². The standard InChI is InChI=1S/C12H16N4/c1-16-5-4-8(7-16)12-14-10-3-2-9(13)6-11(10)15-12/h2-3,6,8H,4-5,7,13H2,1H3,(H,14,15). The summed E-state index contributed by atoms with van der Waals surface area (Å²) in [7, 11) is 2.15. The zero-order valence-electron chi connectivity index (χ0n) is 9.40. The molecular weight excluding hydrogens is 200 g/mol. The third-order valence-corrected chi connectivity index (χ3v) is 3.30. The topological polar surface area (TPSA) is 57.9 Å². The van der Waals surface area contributed by atoms with E-state index < -0.39 is 0 Å². The molecule has 4 heteroatoms. The summed E-state index contributed by atoms with van der Waals surface area (Å²) >= 11 is 0. The van der Waals surface area contributed by atoms with Crippen molar-refractivity contribution < 1.29 is 0 Å². The van der Waals surface area contributed by atoms with E-state index in [9.17, 15) is 0 Å². The van der Waals surface area contributed by atoms with Gasteiger partial charge < -0.3 is 15.6 Å². The van der Waals surface area contributed by atoms with Gasteiger partial charge in [0.25, 0.3) is 0 Å². The first-order valence-corrected chi connectivity index (χ1v) is 5.66. The van der Waals surface area contributed by atoms with Crippen LogP contribution in [0.3, 0.4) is 0 Å². The molecule has 1 aromatic heterocycles. The minimum atomic E-state index is 0.540. The molecule has 3 N–H and O–H groups in total. The zero-order chi connectivity index (χ0) is 11.1. The van der Waals surface area contributed by atoms with Crippen molar-refractivity contribution in [2.24, 2.45) is 0 Å². The average molecular weight is 216 g/mol. The third-order valence-electron chi connectivity index (χ3n) is 3.30. The van der Waals surface area contributed by atoms with Crippen LogP contribution in [0.4, 0.5) is 5.69 Å². The number of rotatable bonds is 1. The van der Waals surface area contributed by atoms with Gasteiger partial charge in [0.15, 0.2) is 0 Å². The van der Waals surface area contributed by atoms with Crippen molar-refractivity contribution in [3.63, 3.8) is 0 Å². The van der Waals surface area contributed by atoms with Gasteiger partial charge in [0.05, 0.1) is 11.0 Å². The average Bonchev–Trinajstić information content (AvgIpc) is 2.83. The number of H-pyrrole nitrogens is 1. The molecule has 84 valence electrons. The molecule has 0 amide bonds. The van der Waals surface area contributed by atoms with Gasteiger partial charge in [0.1, 0.15) is 5.82 Å². The number of imidazole rings is 1. The number of likely N-dealkylation sites (tertiary alicyclic amines) is 1. The van der Waals surface area contributed by atoms with E-state index >= 15 is 0 Å². The molecule has 1 atom stereocenters. The van der Waals surface area contributed by atoms with E-state index in [0.717, 1.165) is 35.6 Å². The Balaban J connectivity index is 1.99.